The quantitative estimate of drug-likeness (QED) is 0.343. The van der Waals surface area contributed by atoms with E-state index >= 15 is 0 Å². The highest BCUT2D eigenvalue weighted by Gasteiger charge is 2.20. The molecule has 34 heavy (non-hydrogen) atoms. The summed E-state index contributed by atoms with van der Waals surface area (Å²) in [6.45, 7) is 0.489. The molecule has 0 bridgehead atoms. The largest absolute Gasteiger partial charge is 0.482 e. The first-order valence-electron chi connectivity index (χ1n) is 10.4. The second kappa shape index (κ2) is 8.98. The minimum Gasteiger partial charge on any atom is -0.482 e. The predicted molar refractivity (Wildman–Crippen MR) is 121 cm³/mol. The predicted octanol–water partition coefficient (Wildman–Crippen LogP) is 1.54. The van der Waals surface area contributed by atoms with Crippen molar-refractivity contribution >= 4 is 34.4 Å². The van der Waals surface area contributed by atoms with E-state index in [1.165, 1.54) is 12.5 Å². The van der Waals surface area contributed by atoms with Crippen LogP contribution in [0.3, 0.4) is 0 Å². The number of ether oxygens (including phenoxy) is 1. The molecule has 4 aromatic rings. The summed E-state index contributed by atoms with van der Waals surface area (Å²) in [5.74, 6) is -0.426. The molecule has 4 heterocycles. The summed E-state index contributed by atoms with van der Waals surface area (Å²) < 4.78 is 5.34. The van der Waals surface area contributed by atoms with Crippen molar-refractivity contribution in [2.45, 2.75) is 13.1 Å². The van der Waals surface area contributed by atoms with Crippen LogP contribution in [-0.4, -0.2) is 44.3 Å². The Morgan fingerprint density at radius 3 is 2.76 bits per heavy atom. The number of anilines is 1. The molecule has 0 saturated carbocycles. The van der Waals surface area contributed by atoms with Crippen molar-refractivity contribution in [2.24, 2.45) is 0 Å². The molecule has 0 radical (unpaired) electrons. The van der Waals surface area contributed by atoms with E-state index in [9.17, 15) is 14.4 Å². The maximum absolute atomic E-state index is 12.8. The van der Waals surface area contributed by atoms with E-state index in [0.717, 1.165) is 11.1 Å². The second-order valence-electron chi connectivity index (χ2n) is 7.54. The highest BCUT2D eigenvalue weighted by molar-refractivity contribution is 6.10. The Bertz CT molecular complexity index is 1400. The maximum Gasteiger partial charge on any atom is 0.272 e. The van der Waals surface area contributed by atoms with Crippen LogP contribution in [0.1, 0.15) is 32.0 Å². The Morgan fingerprint density at radius 1 is 1.06 bits per heavy atom. The molecular formula is C23H19N7O4. The number of hydrogen-bond acceptors (Lipinski definition) is 7. The smallest absolute Gasteiger partial charge is 0.272 e. The van der Waals surface area contributed by atoms with E-state index in [1.54, 1.807) is 36.7 Å². The minimum absolute atomic E-state index is 0.0214. The van der Waals surface area contributed by atoms with Crippen molar-refractivity contribution in [3.05, 3.63) is 77.6 Å². The SMILES string of the molecule is O=C1COc2ccc(CNC(=O)c3ncnc4c(C(=O)NCc5cccnc5)c[nH]c34)cc2N1. The van der Waals surface area contributed by atoms with Gasteiger partial charge in [-0.2, -0.15) is 0 Å². The Hall–Kier alpha value is -4.80. The zero-order chi connectivity index (χ0) is 23.5. The van der Waals surface area contributed by atoms with Gasteiger partial charge in [-0.05, 0) is 29.3 Å². The van der Waals surface area contributed by atoms with E-state index in [4.69, 9.17) is 4.74 Å². The summed E-state index contributed by atoms with van der Waals surface area (Å²) in [5.41, 5.74) is 3.31. The van der Waals surface area contributed by atoms with Gasteiger partial charge in [0.15, 0.2) is 12.3 Å². The van der Waals surface area contributed by atoms with Gasteiger partial charge < -0.3 is 25.7 Å². The summed E-state index contributed by atoms with van der Waals surface area (Å²) in [6, 6.07) is 8.92. The van der Waals surface area contributed by atoms with Crippen LogP contribution < -0.4 is 20.7 Å². The molecule has 1 aliphatic heterocycles. The van der Waals surface area contributed by atoms with Gasteiger partial charge in [-0.3, -0.25) is 19.4 Å². The lowest BCUT2D eigenvalue weighted by atomic mass is 10.1. The van der Waals surface area contributed by atoms with Crippen molar-refractivity contribution in [1.29, 1.82) is 0 Å². The number of benzene rings is 1. The van der Waals surface area contributed by atoms with Crippen LogP contribution in [0.25, 0.3) is 11.0 Å². The Labute approximate surface area is 193 Å². The normalized spacial score (nSPS) is 12.4. The fourth-order valence-corrected chi connectivity index (χ4v) is 3.57. The maximum atomic E-state index is 12.8. The van der Waals surface area contributed by atoms with Crippen LogP contribution in [0.15, 0.2) is 55.2 Å². The van der Waals surface area contributed by atoms with Gasteiger partial charge in [-0.1, -0.05) is 12.1 Å². The van der Waals surface area contributed by atoms with E-state index < -0.39 is 5.91 Å². The van der Waals surface area contributed by atoms with E-state index in [2.05, 4.69) is 35.9 Å². The number of rotatable bonds is 6. The van der Waals surface area contributed by atoms with Gasteiger partial charge in [-0.25, -0.2) is 9.97 Å². The third-order valence-corrected chi connectivity index (χ3v) is 5.23. The summed E-state index contributed by atoms with van der Waals surface area (Å²) in [5, 5.41) is 8.35. The number of nitrogens with zero attached hydrogens (tertiary/aromatic N) is 3. The first kappa shape index (κ1) is 21.1. The number of aromatic nitrogens is 4. The highest BCUT2D eigenvalue weighted by Crippen LogP contribution is 2.28. The van der Waals surface area contributed by atoms with Crippen LogP contribution in [-0.2, 0) is 17.9 Å². The highest BCUT2D eigenvalue weighted by atomic mass is 16.5. The van der Waals surface area contributed by atoms with Gasteiger partial charge >= 0.3 is 0 Å². The van der Waals surface area contributed by atoms with Gasteiger partial charge in [0.1, 0.15) is 17.6 Å². The third-order valence-electron chi connectivity index (χ3n) is 5.23. The van der Waals surface area contributed by atoms with E-state index in [-0.39, 0.29) is 30.7 Å². The average molecular weight is 457 g/mol. The molecule has 4 N–H and O–H groups in total. The molecule has 170 valence electrons. The van der Waals surface area contributed by atoms with Crippen molar-refractivity contribution in [3.8, 4) is 5.75 Å². The molecule has 0 aliphatic carbocycles. The fourth-order valence-electron chi connectivity index (χ4n) is 3.57. The Morgan fingerprint density at radius 2 is 1.91 bits per heavy atom. The van der Waals surface area contributed by atoms with E-state index in [0.29, 0.717) is 34.6 Å². The number of nitrogens with one attached hydrogen (secondary N) is 4. The van der Waals surface area contributed by atoms with Gasteiger partial charge in [0.25, 0.3) is 17.7 Å². The van der Waals surface area contributed by atoms with Crippen LogP contribution in [0, 0.1) is 0 Å². The molecule has 5 rings (SSSR count). The number of carbonyl (C=O) groups excluding carboxylic acids is 3. The lowest BCUT2D eigenvalue weighted by Crippen LogP contribution is -2.26. The van der Waals surface area contributed by atoms with Crippen molar-refractivity contribution in [3.63, 3.8) is 0 Å². The lowest BCUT2D eigenvalue weighted by molar-refractivity contribution is -0.118. The molecule has 11 nitrogen and oxygen atoms in total. The second-order valence-corrected chi connectivity index (χ2v) is 7.54. The number of fused-ring (bicyclic) bond motifs is 2. The fraction of sp³-hybridized carbons (Fsp3) is 0.130. The van der Waals surface area contributed by atoms with Gasteiger partial charge in [0.05, 0.1) is 16.8 Å². The first-order valence-corrected chi connectivity index (χ1v) is 10.4. The Kier molecular flexibility index (Phi) is 5.56. The molecule has 0 saturated heterocycles. The summed E-state index contributed by atoms with van der Waals surface area (Å²) in [6.07, 6.45) is 6.07. The summed E-state index contributed by atoms with van der Waals surface area (Å²) >= 11 is 0. The Balaban J connectivity index is 1.29. The molecule has 0 unspecified atom stereocenters. The number of amides is 3. The number of hydrogen-bond donors (Lipinski definition) is 4. The zero-order valence-corrected chi connectivity index (χ0v) is 17.8. The number of pyridine rings is 1. The molecule has 11 heteroatoms. The van der Waals surface area contributed by atoms with Gasteiger partial charge in [-0.15, -0.1) is 0 Å². The molecule has 1 aliphatic rings. The topological polar surface area (TPSA) is 151 Å². The van der Waals surface area contributed by atoms with E-state index in [1.807, 2.05) is 6.07 Å². The summed E-state index contributed by atoms with van der Waals surface area (Å²) in [4.78, 5) is 52.3. The summed E-state index contributed by atoms with van der Waals surface area (Å²) in [7, 11) is 0. The standard InChI is InChI=1S/C23H19N7O4/c31-18-11-34-17-4-3-13(6-16(17)30-18)8-27-23(33)21-20-19(28-12-29-21)15(10-25-20)22(32)26-9-14-2-1-5-24-7-14/h1-7,10,12,25H,8-9,11H2,(H,26,32)(H,27,33)(H,30,31). The molecule has 0 spiro atoms. The number of aromatic amines is 1. The van der Waals surface area contributed by atoms with Crippen LogP contribution in [0.5, 0.6) is 5.75 Å². The van der Waals surface area contributed by atoms with Crippen LogP contribution >= 0.6 is 0 Å². The molecule has 1 aromatic carbocycles. The molecule has 0 fully saturated rings. The van der Waals surface area contributed by atoms with Crippen LogP contribution in [0.2, 0.25) is 0 Å². The first-order chi connectivity index (χ1) is 16.6. The van der Waals surface area contributed by atoms with Crippen molar-refractivity contribution in [2.75, 3.05) is 11.9 Å². The zero-order valence-electron chi connectivity index (χ0n) is 17.8. The third kappa shape index (κ3) is 4.26. The van der Waals surface area contributed by atoms with Crippen molar-refractivity contribution < 1.29 is 19.1 Å². The number of carbonyl (C=O) groups is 3. The number of H-pyrrole nitrogens is 1. The average Bonchev–Trinajstić information content (AvgIpc) is 3.30. The van der Waals surface area contributed by atoms with Gasteiger partial charge in [0, 0.05) is 31.7 Å². The van der Waals surface area contributed by atoms with Crippen LogP contribution in [0.4, 0.5) is 5.69 Å². The monoisotopic (exact) mass is 457 g/mol. The minimum atomic E-state index is -0.436. The molecule has 0 atom stereocenters. The van der Waals surface area contributed by atoms with Gasteiger partial charge in [0.2, 0.25) is 0 Å². The lowest BCUT2D eigenvalue weighted by Gasteiger charge is -2.18. The molecular weight excluding hydrogens is 438 g/mol. The molecule has 3 aromatic heterocycles. The molecule has 3 amide bonds. The van der Waals surface area contributed by atoms with Crippen molar-refractivity contribution in [1.82, 2.24) is 30.6 Å².